The second-order valence-electron chi connectivity index (χ2n) is 13.7. The number of benzene rings is 1. The lowest BCUT2D eigenvalue weighted by molar-refractivity contribution is -0.182. The number of aromatic nitrogens is 1. The van der Waals surface area contributed by atoms with Gasteiger partial charge in [0.05, 0.1) is 29.2 Å². The van der Waals surface area contributed by atoms with E-state index < -0.39 is 41.5 Å². The van der Waals surface area contributed by atoms with Gasteiger partial charge in [-0.05, 0) is 54.7 Å². The molecular formula is C38H49N3O9. The number of carbonyl (C=O) groups is 5. The molecule has 0 bridgehead atoms. The van der Waals surface area contributed by atoms with Crippen LogP contribution in [0.25, 0.3) is 10.9 Å². The van der Waals surface area contributed by atoms with Crippen molar-refractivity contribution in [1.82, 2.24) is 15.2 Å². The fraction of sp³-hybridized carbons (Fsp3) is 0.579. The summed E-state index contributed by atoms with van der Waals surface area (Å²) in [5.74, 6) is -3.56. The van der Waals surface area contributed by atoms with E-state index in [0.717, 1.165) is 30.2 Å². The molecule has 1 aromatic heterocycles. The summed E-state index contributed by atoms with van der Waals surface area (Å²) < 4.78 is 11.2. The van der Waals surface area contributed by atoms with Crippen LogP contribution in [0.2, 0.25) is 0 Å². The Hall–Kier alpha value is -4.48. The number of phenolic OH excluding ortho intramolecular Hbond substituents is 1. The molecule has 2 aromatic rings. The Labute approximate surface area is 292 Å². The van der Waals surface area contributed by atoms with Crippen LogP contribution in [0.1, 0.15) is 127 Å². The summed E-state index contributed by atoms with van der Waals surface area (Å²) in [4.78, 5) is 71.3. The lowest BCUT2D eigenvalue weighted by Gasteiger charge is -2.42. The third-order valence-electron chi connectivity index (χ3n) is 10.2. The number of rotatable bonds is 18. The van der Waals surface area contributed by atoms with Crippen LogP contribution in [0.5, 0.6) is 5.75 Å². The summed E-state index contributed by atoms with van der Waals surface area (Å²) in [7, 11) is 0. The minimum atomic E-state index is -1.84. The van der Waals surface area contributed by atoms with E-state index >= 15 is 0 Å². The molecule has 50 heavy (non-hydrogen) atoms. The summed E-state index contributed by atoms with van der Waals surface area (Å²) >= 11 is 0. The number of carboxylic acids is 1. The van der Waals surface area contributed by atoms with E-state index in [1.807, 2.05) is 6.07 Å². The molecular weight excluding hydrogens is 642 g/mol. The lowest BCUT2D eigenvalue weighted by atomic mass is 9.78. The van der Waals surface area contributed by atoms with Gasteiger partial charge in [0, 0.05) is 18.4 Å². The van der Waals surface area contributed by atoms with Crippen molar-refractivity contribution in [3.63, 3.8) is 0 Å². The van der Waals surface area contributed by atoms with Crippen LogP contribution in [0.3, 0.4) is 0 Å². The Morgan fingerprint density at radius 2 is 1.72 bits per heavy atom. The molecule has 0 saturated carbocycles. The number of carbonyl (C=O) groups excluding carboxylic acids is 4. The number of pyridine rings is 1. The van der Waals surface area contributed by atoms with Crippen molar-refractivity contribution in [2.45, 2.75) is 134 Å². The standard InChI is InChI=1S/C38H49N3O9/c1-3-5-6-7-8-9-10-11-12-13-14-30(36(46)47)39-32(43)17-18-33(44)50-38(4-2)28-21-31-34-25(19-24-20-26(42)15-16-29(24)40-34)22-41(31)35(45)27(28)23-49-37(38)48/h15-16,19-20,30-31,42H,3-14,17-18,21-23H2,1-2H3,(H,39,43)(H,46,47)/t30?,31?,38-/m0/s1. The number of cyclic esters (lactones) is 1. The summed E-state index contributed by atoms with van der Waals surface area (Å²) in [5, 5.41) is 22.9. The smallest absolute Gasteiger partial charge is 0.355 e. The molecule has 3 atom stereocenters. The first-order chi connectivity index (χ1) is 24.1. The highest BCUT2D eigenvalue weighted by molar-refractivity contribution is 6.01. The molecule has 0 spiro atoms. The number of fused-ring (bicyclic) bond motifs is 4. The highest BCUT2D eigenvalue weighted by Crippen LogP contribution is 2.48. The Kier molecular flexibility index (Phi) is 12.1. The van der Waals surface area contributed by atoms with Gasteiger partial charge in [0.1, 0.15) is 18.4 Å². The molecule has 3 aliphatic heterocycles. The minimum Gasteiger partial charge on any atom is -0.508 e. The van der Waals surface area contributed by atoms with Gasteiger partial charge in [-0.25, -0.2) is 9.59 Å². The van der Waals surface area contributed by atoms with E-state index in [1.165, 1.54) is 38.5 Å². The van der Waals surface area contributed by atoms with E-state index in [-0.39, 0.29) is 49.5 Å². The van der Waals surface area contributed by atoms with Gasteiger partial charge in [0.15, 0.2) is 0 Å². The van der Waals surface area contributed by atoms with E-state index in [9.17, 15) is 34.2 Å². The maximum Gasteiger partial charge on any atom is 0.355 e. The highest BCUT2D eigenvalue weighted by Gasteiger charge is 2.55. The van der Waals surface area contributed by atoms with Gasteiger partial charge in [-0.1, -0.05) is 78.1 Å². The molecule has 0 fully saturated rings. The molecule has 3 aliphatic rings. The number of unbranched alkanes of at least 4 members (excludes halogenated alkanes) is 9. The zero-order chi connectivity index (χ0) is 35.8. The molecule has 270 valence electrons. The van der Waals surface area contributed by atoms with Gasteiger partial charge in [-0.15, -0.1) is 0 Å². The average Bonchev–Trinajstić information content (AvgIpc) is 3.45. The van der Waals surface area contributed by atoms with Crippen molar-refractivity contribution in [3.8, 4) is 5.75 Å². The average molecular weight is 692 g/mol. The zero-order valence-corrected chi connectivity index (χ0v) is 29.1. The second-order valence-corrected chi connectivity index (χ2v) is 13.7. The fourth-order valence-electron chi connectivity index (χ4n) is 7.41. The minimum absolute atomic E-state index is 0.0137. The molecule has 1 aromatic carbocycles. The predicted molar refractivity (Wildman–Crippen MR) is 184 cm³/mol. The van der Waals surface area contributed by atoms with Crippen LogP contribution in [-0.2, 0) is 40.0 Å². The number of hydrogen-bond donors (Lipinski definition) is 3. The molecule has 0 saturated heterocycles. The number of hydrogen-bond acceptors (Lipinski definition) is 9. The first-order valence-electron chi connectivity index (χ1n) is 18.1. The predicted octanol–water partition coefficient (Wildman–Crippen LogP) is 5.93. The van der Waals surface area contributed by atoms with Crippen molar-refractivity contribution >= 4 is 40.6 Å². The van der Waals surface area contributed by atoms with Gasteiger partial charge in [0.2, 0.25) is 11.5 Å². The van der Waals surface area contributed by atoms with Crippen molar-refractivity contribution in [1.29, 1.82) is 0 Å². The number of esters is 2. The normalized spacial score (nSPS) is 20.2. The van der Waals surface area contributed by atoms with Gasteiger partial charge in [-0.3, -0.25) is 19.4 Å². The van der Waals surface area contributed by atoms with E-state index in [1.54, 1.807) is 30.0 Å². The van der Waals surface area contributed by atoms with E-state index in [0.29, 0.717) is 36.2 Å². The van der Waals surface area contributed by atoms with Gasteiger partial charge in [0.25, 0.3) is 5.91 Å². The molecule has 3 N–H and O–H groups in total. The largest absolute Gasteiger partial charge is 0.508 e. The third-order valence-corrected chi connectivity index (χ3v) is 10.2. The molecule has 0 aliphatic carbocycles. The lowest BCUT2D eigenvalue weighted by Crippen LogP contribution is -2.54. The van der Waals surface area contributed by atoms with Crippen LogP contribution < -0.4 is 5.32 Å². The highest BCUT2D eigenvalue weighted by atomic mass is 16.6. The van der Waals surface area contributed by atoms with Gasteiger partial charge >= 0.3 is 17.9 Å². The number of carboxylic acid groups (broad SMARTS) is 1. The molecule has 0 radical (unpaired) electrons. The Morgan fingerprint density at radius 3 is 2.40 bits per heavy atom. The van der Waals surface area contributed by atoms with Crippen molar-refractivity contribution in [2.75, 3.05) is 6.61 Å². The number of nitrogens with one attached hydrogen (secondary N) is 1. The quantitative estimate of drug-likeness (QED) is 0.126. The van der Waals surface area contributed by atoms with Gasteiger partial charge in [-0.2, -0.15) is 0 Å². The van der Waals surface area contributed by atoms with Crippen molar-refractivity contribution in [3.05, 3.63) is 46.7 Å². The van der Waals surface area contributed by atoms with Crippen LogP contribution in [0, 0.1) is 0 Å². The Balaban J connectivity index is 1.17. The first-order valence-corrected chi connectivity index (χ1v) is 18.1. The third kappa shape index (κ3) is 8.11. The summed E-state index contributed by atoms with van der Waals surface area (Å²) in [6.07, 6.45) is 11.0. The van der Waals surface area contributed by atoms with Crippen molar-refractivity contribution in [2.24, 2.45) is 0 Å². The molecule has 12 nitrogen and oxygen atoms in total. The molecule has 2 amide bonds. The molecule has 2 unspecified atom stereocenters. The molecule has 5 rings (SSSR count). The number of aromatic hydroxyl groups is 1. The number of aliphatic carboxylic acids is 1. The number of nitrogens with zero attached hydrogens (tertiary/aromatic N) is 2. The number of ether oxygens (including phenoxy) is 2. The summed E-state index contributed by atoms with van der Waals surface area (Å²) in [5.41, 5.74) is 0.960. The van der Waals surface area contributed by atoms with Crippen molar-refractivity contribution < 1.29 is 43.7 Å². The first kappa shape index (κ1) is 36.8. The summed E-state index contributed by atoms with van der Waals surface area (Å²) in [6, 6.07) is 5.21. The molecule has 4 heterocycles. The number of phenols is 1. The van der Waals surface area contributed by atoms with Crippen LogP contribution >= 0.6 is 0 Å². The Morgan fingerprint density at radius 1 is 1.02 bits per heavy atom. The SMILES string of the molecule is CCCCCCCCCCCCC(NC(=O)CCC(=O)O[C@]1(CC)C(=O)OCC2=C1CC1c3nc4ccc(O)cc4cc3CN1C2=O)C(=O)O. The van der Waals surface area contributed by atoms with E-state index in [2.05, 4.69) is 12.2 Å². The van der Waals surface area contributed by atoms with Crippen LogP contribution in [0.15, 0.2) is 35.4 Å². The topological polar surface area (TPSA) is 172 Å². The van der Waals surface area contributed by atoms with E-state index in [4.69, 9.17) is 14.5 Å². The molecule has 12 heteroatoms. The number of amides is 2. The maximum atomic E-state index is 13.8. The van der Waals surface area contributed by atoms with Crippen LogP contribution in [-0.4, -0.2) is 68.1 Å². The second kappa shape index (κ2) is 16.5. The van der Waals surface area contributed by atoms with Crippen LogP contribution in [0.4, 0.5) is 0 Å². The Bertz CT molecular complexity index is 1650. The fourth-order valence-corrected chi connectivity index (χ4v) is 7.41. The summed E-state index contributed by atoms with van der Waals surface area (Å²) in [6.45, 7) is 3.92. The van der Waals surface area contributed by atoms with Gasteiger partial charge < -0.3 is 29.9 Å². The zero-order valence-electron chi connectivity index (χ0n) is 29.1. The maximum absolute atomic E-state index is 13.8. The monoisotopic (exact) mass is 691 g/mol.